The van der Waals surface area contributed by atoms with Crippen LogP contribution in [0, 0.1) is 0 Å². The highest BCUT2D eigenvalue weighted by atomic mass is 16.1. The second-order valence-electron chi connectivity index (χ2n) is 6.16. The van der Waals surface area contributed by atoms with Gasteiger partial charge >= 0.3 is 0 Å². The Morgan fingerprint density at radius 3 is 2.53 bits per heavy atom. The first kappa shape index (κ1) is 12.9. The second kappa shape index (κ2) is 5.46. The molecule has 2 nitrogen and oxygen atoms in total. The van der Waals surface area contributed by atoms with Crippen molar-refractivity contribution in [1.82, 2.24) is 4.90 Å². The number of carbonyl (C=O) groups is 1. The molecule has 1 aromatic carbocycles. The summed E-state index contributed by atoms with van der Waals surface area (Å²) in [6.45, 7) is 1.96. The molecule has 2 aliphatic rings. The van der Waals surface area contributed by atoms with Gasteiger partial charge in [0.2, 0.25) is 0 Å². The van der Waals surface area contributed by atoms with E-state index >= 15 is 0 Å². The van der Waals surface area contributed by atoms with Crippen molar-refractivity contribution in [3.05, 3.63) is 35.9 Å². The largest absolute Gasteiger partial charge is 0.300 e. The lowest BCUT2D eigenvalue weighted by Gasteiger charge is -2.49. The van der Waals surface area contributed by atoms with Crippen molar-refractivity contribution in [2.75, 3.05) is 6.54 Å². The number of rotatable bonds is 2. The normalized spacial score (nSPS) is 23.7. The molecule has 3 rings (SSSR count). The van der Waals surface area contributed by atoms with E-state index < -0.39 is 0 Å². The summed E-state index contributed by atoms with van der Waals surface area (Å²) in [5.74, 6) is 0.478. The zero-order valence-corrected chi connectivity index (χ0v) is 11.6. The predicted octanol–water partition coefficient (Wildman–Crippen LogP) is 3.55. The van der Waals surface area contributed by atoms with Crippen LogP contribution in [0.2, 0.25) is 0 Å². The molecule has 2 fully saturated rings. The summed E-state index contributed by atoms with van der Waals surface area (Å²) >= 11 is 0. The van der Waals surface area contributed by atoms with Crippen LogP contribution in [0.1, 0.15) is 50.5 Å². The maximum absolute atomic E-state index is 11.9. The van der Waals surface area contributed by atoms with Gasteiger partial charge in [-0.1, -0.05) is 49.6 Å². The second-order valence-corrected chi connectivity index (χ2v) is 6.16. The van der Waals surface area contributed by atoms with Crippen LogP contribution < -0.4 is 0 Å². The van der Waals surface area contributed by atoms with Crippen LogP contribution in [0.15, 0.2) is 30.3 Å². The summed E-state index contributed by atoms with van der Waals surface area (Å²) in [4.78, 5) is 14.5. The van der Waals surface area contributed by atoms with Crippen molar-refractivity contribution >= 4 is 5.78 Å². The smallest absolute Gasteiger partial charge is 0.136 e. The molecule has 0 radical (unpaired) electrons. The number of hydrogen-bond acceptors (Lipinski definition) is 2. The van der Waals surface area contributed by atoms with Crippen molar-refractivity contribution < 1.29 is 4.79 Å². The molecule has 0 amide bonds. The first-order valence-corrected chi connectivity index (χ1v) is 7.59. The quantitative estimate of drug-likeness (QED) is 0.807. The Morgan fingerprint density at radius 2 is 1.79 bits per heavy atom. The molecule has 0 bridgehead atoms. The van der Waals surface area contributed by atoms with Crippen LogP contribution in [0.5, 0.6) is 0 Å². The summed E-state index contributed by atoms with van der Waals surface area (Å²) < 4.78 is 0. The van der Waals surface area contributed by atoms with Gasteiger partial charge in [0.1, 0.15) is 5.78 Å². The van der Waals surface area contributed by atoms with Gasteiger partial charge in [0.15, 0.2) is 0 Å². The van der Waals surface area contributed by atoms with Gasteiger partial charge in [-0.3, -0.25) is 9.69 Å². The molecule has 0 unspecified atom stereocenters. The fourth-order valence-corrected chi connectivity index (χ4v) is 3.82. The number of hydrogen-bond donors (Lipinski definition) is 0. The van der Waals surface area contributed by atoms with E-state index in [0.717, 1.165) is 25.9 Å². The third-order valence-corrected chi connectivity index (χ3v) is 4.86. The van der Waals surface area contributed by atoms with E-state index in [-0.39, 0.29) is 5.54 Å². The summed E-state index contributed by atoms with van der Waals surface area (Å²) in [5, 5.41) is 0. The zero-order chi connectivity index (χ0) is 13.1. The number of ketones is 1. The van der Waals surface area contributed by atoms with Gasteiger partial charge in [0.25, 0.3) is 0 Å². The molecule has 1 heterocycles. The molecule has 102 valence electrons. The standard InChI is InChI=1S/C17H23NO/c19-16-9-12-18(14-15-7-3-1-4-8-15)17(13-16)10-5-2-6-11-17/h1,3-4,7-8H,2,5-6,9-14H2. The minimum absolute atomic E-state index is 0.184. The fourth-order valence-electron chi connectivity index (χ4n) is 3.82. The topological polar surface area (TPSA) is 20.3 Å². The van der Waals surface area contributed by atoms with Crippen LogP contribution in [-0.4, -0.2) is 22.8 Å². The molecule has 0 atom stereocenters. The summed E-state index contributed by atoms with van der Waals surface area (Å²) in [6.07, 6.45) is 7.89. The van der Waals surface area contributed by atoms with E-state index in [1.807, 2.05) is 0 Å². The summed E-state index contributed by atoms with van der Waals surface area (Å²) in [7, 11) is 0. The SMILES string of the molecule is O=C1CCN(Cc2ccccc2)C2(CCCCC2)C1. The van der Waals surface area contributed by atoms with Crippen LogP contribution in [-0.2, 0) is 11.3 Å². The van der Waals surface area contributed by atoms with Gasteiger partial charge in [-0.15, -0.1) is 0 Å². The number of carbonyl (C=O) groups excluding carboxylic acids is 1. The summed E-state index contributed by atoms with van der Waals surface area (Å²) in [6, 6.07) is 10.7. The molecule has 0 aromatic heterocycles. The van der Waals surface area contributed by atoms with Crippen molar-refractivity contribution in [1.29, 1.82) is 0 Å². The van der Waals surface area contributed by atoms with Crippen LogP contribution >= 0.6 is 0 Å². The Morgan fingerprint density at radius 1 is 1.05 bits per heavy atom. The van der Waals surface area contributed by atoms with Crippen LogP contribution in [0.4, 0.5) is 0 Å². The lowest BCUT2D eigenvalue weighted by Crippen LogP contribution is -2.54. The first-order chi connectivity index (χ1) is 9.28. The minimum Gasteiger partial charge on any atom is -0.300 e. The Hall–Kier alpha value is -1.15. The Kier molecular flexibility index (Phi) is 3.69. The lowest BCUT2D eigenvalue weighted by molar-refractivity contribution is -0.128. The molecular weight excluding hydrogens is 234 g/mol. The maximum Gasteiger partial charge on any atom is 0.136 e. The van der Waals surface area contributed by atoms with Crippen molar-refractivity contribution in [2.24, 2.45) is 0 Å². The lowest BCUT2D eigenvalue weighted by atomic mass is 9.74. The van der Waals surface area contributed by atoms with E-state index in [9.17, 15) is 4.79 Å². The van der Waals surface area contributed by atoms with Gasteiger partial charge in [0.05, 0.1) is 0 Å². The van der Waals surface area contributed by atoms with Gasteiger partial charge in [-0.2, -0.15) is 0 Å². The van der Waals surface area contributed by atoms with E-state index in [2.05, 4.69) is 35.2 Å². The number of likely N-dealkylation sites (tertiary alicyclic amines) is 1. The van der Waals surface area contributed by atoms with Crippen molar-refractivity contribution in [3.63, 3.8) is 0 Å². The van der Waals surface area contributed by atoms with E-state index in [1.54, 1.807) is 0 Å². The highest BCUT2D eigenvalue weighted by Gasteiger charge is 2.42. The van der Waals surface area contributed by atoms with Gasteiger partial charge < -0.3 is 0 Å². The monoisotopic (exact) mass is 257 g/mol. The highest BCUT2D eigenvalue weighted by Crippen LogP contribution is 2.40. The molecule has 2 heteroatoms. The molecule has 1 aliphatic carbocycles. The first-order valence-electron chi connectivity index (χ1n) is 7.59. The van der Waals surface area contributed by atoms with Gasteiger partial charge in [-0.25, -0.2) is 0 Å². The van der Waals surface area contributed by atoms with Crippen LogP contribution in [0.3, 0.4) is 0 Å². The molecular formula is C17H23NO. The Bertz CT molecular complexity index is 434. The zero-order valence-electron chi connectivity index (χ0n) is 11.6. The number of benzene rings is 1. The third-order valence-electron chi connectivity index (χ3n) is 4.86. The van der Waals surface area contributed by atoms with Crippen molar-refractivity contribution in [2.45, 2.75) is 57.0 Å². The minimum atomic E-state index is 0.184. The Balaban J connectivity index is 1.79. The molecule has 1 aromatic rings. The van der Waals surface area contributed by atoms with E-state index in [0.29, 0.717) is 5.78 Å². The number of nitrogens with zero attached hydrogens (tertiary/aromatic N) is 1. The summed E-state index contributed by atoms with van der Waals surface area (Å²) in [5.41, 5.74) is 1.56. The van der Waals surface area contributed by atoms with Gasteiger partial charge in [0, 0.05) is 31.5 Å². The molecule has 1 saturated heterocycles. The average Bonchev–Trinajstić information content (AvgIpc) is 2.44. The van der Waals surface area contributed by atoms with Gasteiger partial charge in [-0.05, 0) is 18.4 Å². The number of piperidine rings is 1. The maximum atomic E-state index is 11.9. The molecule has 1 aliphatic heterocycles. The van der Waals surface area contributed by atoms with Crippen molar-refractivity contribution in [3.8, 4) is 0 Å². The molecule has 1 saturated carbocycles. The average molecular weight is 257 g/mol. The highest BCUT2D eigenvalue weighted by molar-refractivity contribution is 5.80. The van der Waals surface area contributed by atoms with E-state index in [1.165, 1.54) is 37.7 Å². The molecule has 19 heavy (non-hydrogen) atoms. The van der Waals surface area contributed by atoms with Crippen LogP contribution in [0.25, 0.3) is 0 Å². The molecule has 0 N–H and O–H groups in total. The number of Topliss-reactive ketones (excluding diaryl/α,β-unsaturated/α-hetero) is 1. The Labute approximate surface area is 115 Å². The van der Waals surface area contributed by atoms with E-state index in [4.69, 9.17) is 0 Å². The fraction of sp³-hybridized carbons (Fsp3) is 0.588. The predicted molar refractivity (Wildman–Crippen MR) is 76.9 cm³/mol. The molecule has 1 spiro atoms. The third kappa shape index (κ3) is 2.74.